The largest absolute Gasteiger partial charge is 0.490 e. The second kappa shape index (κ2) is 11.8. The van der Waals surface area contributed by atoms with Crippen LogP contribution >= 0.6 is 23.6 Å². The highest BCUT2D eigenvalue weighted by Crippen LogP contribution is 2.39. The third kappa shape index (κ3) is 6.37. The Labute approximate surface area is 213 Å². The molecule has 0 fully saturated rings. The van der Waals surface area contributed by atoms with Crippen LogP contribution in [0, 0.1) is 0 Å². The molecule has 0 atom stereocenters. The van der Waals surface area contributed by atoms with Gasteiger partial charge < -0.3 is 19.5 Å². The van der Waals surface area contributed by atoms with Crippen LogP contribution in [0.3, 0.4) is 0 Å². The first-order chi connectivity index (χ1) is 17.0. The highest BCUT2D eigenvalue weighted by molar-refractivity contribution is 7.80. The Hall–Kier alpha value is -3.43. The molecule has 0 unspecified atom stereocenters. The average Bonchev–Trinajstić information content (AvgIpc) is 3.44. The summed E-state index contributed by atoms with van der Waals surface area (Å²) < 4.78 is 16.5. The number of esters is 1. The van der Waals surface area contributed by atoms with Crippen molar-refractivity contribution in [2.45, 2.75) is 26.2 Å². The summed E-state index contributed by atoms with van der Waals surface area (Å²) in [6.45, 7) is 2.86. The Morgan fingerprint density at radius 1 is 0.971 bits per heavy atom. The summed E-state index contributed by atoms with van der Waals surface area (Å²) in [5, 5.41) is 6.43. The van der Waals surface area contributed by atoms with Gasteiger partial charge in [0.05, 0.1) is 12.2 Å². The van der Waals surface area contributed by atoms with E-state index in [1.807, 2.05) is 30.3 Å². The number of thiophene rings is 1. The number of amides is 1. The van der Waals surface area contributed by atoms with Gasteiger partial charge in [0.2, 0.25) is 0 Å². The van der Waals surface area contributed by atoms with E-state index in [0.717, 1.165) is 35.5 Å². The van der Waals surface area contributed by atoms with Crippen molar-refractivity contribution in [2.75, 3.05) is 25.1 Å². The van der Waals surface area contributed by atoms with Crippen molar-refractivity contribution in [1.29, 1.82) is 0 Å². The highest BCUT2D eigenvalue weighted by atomic mass is 32.1. The molecule has 2 aromatic carbocycles. The number of carbonyl (C=O) groups is 2. The maximum atomic E-state index is 12.6. The van der Waals surface area contributed by atoms with Crippen LogP contribution in [0.2, 0.25) is 0 Å². The van der Waals surface area contributed by atoms with E-state index in [2.05, 4.69) is 10.6 Å². The summed E-state index contributed by atoms with van der Waals surface area (Å²) in [5.74, 6) is 0.692. The molecule has 0 spiro atoms. The van der Waals surface area contributed by atoms with E-state index in [1.165, 1.54) is 11.3 Å². The minimum absolute atomic E-state index is 0.124. The normalized spacial score (nSPS) is 11.9. The quantitative estimate of drug-likeness (QED) is 0.238. The third-order valence-electron chi connectivity index (χ3n) is 5.34. The van der Waals surface area contributed by atoms with Crippen molar-refractivity contribution in [3.8, 4) is 11.5 Å². The lowest BCUT2D eigenvalue weighted by molar-refractivity contribution is 0.0527. The van der Waals surface area contributed by atoms with E-state index in [9.17, 15) is 9.59 Å². The number of fused-ring (bicyclic) bond motifs is 1. The van der Waals surface area contributed by atoms with Gasteiger partial charge in [0.1, 0.15) is 29.7 Å². The molecule has 1 aliphatic carbocycles. The smallest absolute Gasteiger partial charge is 0.341 e. The third-order valence-corrected chi connectivity index (χ3v) is 6.75. The van der Waals surface area contributed by atoms with E-state index in [1.54, 1.807) is 31.2 Å². The Balaban J connectivity index is 1.29. The molecule has 7 nitrogen and oxygen atoms in total. The van der Waals surface area contributed by atoms with Crippen LogP contribution in [-0.2, 0) is 17.6 Å². The first kappa shape index (κ1) is 24.7. The summed E-state index contributed by atoms with van der Waals surface area (Å²) >= 11 is 6.83. The molecule has 0 saturated heterocycles. The number of anilines is 1. The molecule has 1 aromatic heterocycles. The average molecular weight is 511 g/mol. The van der Waals surface area contributed by atoms with E-state index in [4.69, 9.17) is 26.4 Å². The first-order valence-corrected chi connectivity index (χ1v) is 12.6. The van der Waals surface area contributed by atoms with Crippen molar-refractivity contribution < 1.29 is 23.8 Å². The Morgan fingerprint density at radius 3 is 2.34 bits per heavy atom. The maximum Gasteiger partial charge on any atom is 0.341 e. The van der Waals surface area contributed by atoms with Gasteiger partial charge in [-0.05, 0) is 80.4 Å². The summed E-state index contributed by atoms with van der Waals surface area (Å²) in [5.41, 5.74) is 1.98. The van der Waals surface area contributed by atoms with Crippen LogP contribution in [0.25, 0.3) is 0 Å². The molecule has 0 radical (unpaired) electrons. The molecular weight excluding hydrogens is 484 g/mol. The molecule has 3 aromatic rings. The second-order valence-corrected chi connectivity index (χ2v) is 9.24. The first-order valence-electron chi connectivity index (χ1n) is 11.4. The van der Waals surface area contributed by atoms with Crippen molar-refractivity contribution >= 4 is 45.5 Å². The van der Waals surface area contributed by atoms with Gasteiger partial charge in [-0.15, -0.1) is 11.3 Å². The van der Waals surface area contributed by atoms with Gasteiger partial charge in [-0.25, -0.2) is 4.79 Å². The predicted molar refractivity (Wildman–Crippen MR) is 140 cm³/mol. The summed E-state index contributed by atoms with van der Waals surface area (Å²) in [6, 6.07) is 16.3. The van der Waals surface area contributed by atoms with Gasteiger partial charge in [0.25, 0.3) is 5.91 Å². The van der Waals surface area contributed by atoms with Crippen LogP contribution in [0.5, 0.6) is 11.5 Å². The molecule has 35 heavy (non-hydrogen) atoms. The highest BCUT2D eigenvalue weighted by Gasteiger charge is 2.28. The number of thiocarbonyl (C=S) groups is 1. The van der Waals surface area contributed by atoms with Crippen molar-refractivity contribution in [1.82, 2.24) is 5.32 Å². The molecule has 1 aliphatic rings. The van der Waals surface area contributed by atoms with Gasteiger partial charge >= 0.3 is 5.97 Å². The molecule has 1 amide bonds. The Morgan fingerprint density at radius 2 is 1.66 bits per heavy atom. The van der Waals surface area contributed by atoms with Crippen molar-refractivity contribution in [2.24, 2.45) is 0 Å². The molecule has 0 saturated carbocycles. The standard InChI is InChI=1S/C26H26N2O5S2/c1-2-31-25(30)22-20-9-6-10-21(20)35-24(22)28-26(34)27-23(29)17-11-13-19(14-12-17)33-16-15-32-18-7-4-3-5-8-18/h3-5,7-8,11-14H,2,6,9-10,15-16H2,1H3,(H2,27,28,29,34). The van der Waals surface area contributed by atoms with Crippen LogP contribution in [-0.4, -0.2) is 36.8 Å². The molecule has 0 aliphatic heterocycles. The fraction of sp³-hybridized carbons (Fsp3) is 0.269. The number of benzene rings is 2. The lowest BCUT2D eigenvalue weighted by Crippen LogP contribution is -2.34. The van der Waals surface area contributed by atoms with Gasteiger partial charge in [0.15, 0.2) is 5.11 Å². The van der Waals surface area contributed by atoms with Crippen molar-refractivity contribution in [3.63, 3.8) is 0 Å². The SMILES string of the molecule is CCOC(=O)c1c(NC(=S)NC(=O)c2ccc(OCCOc3ccccc3)cc2)sc2c1CCC2. The van der Waals surface area contributed by atoms with Crippen LogP contribution in [0.1, 0.15) is 44.5 Å². The predicted octanol–water partition coefficient (Wildman–Crippen LogP) is 5.00. The summed E-state index contributed by atoms with van der Waals surface area (Å²) in [7, 11) is 0. The minimum atomic E-state index is -0.367. The number of hydrogen-bond donors (Lipinski definition) is 2. The zero-order valence-corrected chi connectivity index (χ0v) is 20.9. The van der Waals surface area contributed by atoms with Crippen LogP contribution < -0.4 is 20.1 Å². The monoisotopic (exact) mass is 510 g/mol. The number of hydrogen-bond acceptors (Lipinski definition) is 7. The Bertz CT molecular complexity index is 1190. The van der Waals surface area contributed by atoms with E-state index >= 15 is 0 Å². The molecule has 9 heteroatoms. The fourth-order valence-corrected chi connectivity index (χ4v) is 5.30. The lowest BCUT2D eigenvalue weighted by atomic mass is 10.1. The molecule has 2 N–H and O–H groups in total. The van der Waals surface area contributed by atoms with E-state index in [0.29, 0.717) is 41.7 Å². The van der Waals surface area contributed by atoms with Gasteiger partial charge in [-0.1, -0.05) is 18.2 Å². The lowest BCUT2D eigenvalue weighted by Gasteiger charge is -2.11. The fourth-order valence-electron chi connectivity index (χ4n) is 3.76. The summed E-state index contributed by atoms with van der Waals surface area (Å²) in [4.78, 5) is 26.3. The topological polar surface area (TPSA) is 85.9 Å². The number of rotatable bonds is 9. The molecule has 0 bridgehead atoms. The minimum Gasteiger partial charge on any atom is -0.490 e. The molecule has 4 rings (SSSR count). The number of ether oxygens (including phenoxy) is 3. The van der Waals surface area contributed by atoms with Gasteiger partial charge in [-0.3, -0.25) is 10.1 Å². The second-order valence-electron chi connectivity index (χ2n) is 7.72. The van der Waals surface area contributed by atoms with Crippen molar-refractivity contribution in [3.05, 3.63) is 76.2 Å². The zero-order chi connectivity index (χ0) is 24.6. The molecule has 1 heterocycles. The maximum absolute atomic E-state index is 12.6. The number of aryl methyl sites for hydroxylation is 1. The molecular formula is C26H26N2O5S2. The van der Waals surface area contributed by atoms with Crippen LogP contribution in [0.4, 0.5) is 5.00 Å². The van der Waals surface area contributed by atoms with Gasteiger partial charge in [-0.2, -0.15) is 0 Å². The van der Waals surface area contributed by atoms with Gasteiger partial charge in [0, 0.05) is 10.4 Å². The van der Waals surface area contributed by atoms with E-state index < -0.39 is 0 Å². The number of para-hydroxylation sites is 1. The molecule has 182 valence electrons. The number of nitrogens with one attached hydrogen (secondary N) is 2. The number of carbonyl (C=O) groups excluding carboxylic acids is 2. The van der Waals surface area contributed by atoms with E-state index in [-0.39, 0.29) is 17.0 Å². The zero-order valence-electron chi connectivity index (χ0n) is 19.3. The summed E-state index contributed by atoms with van der Waals surface area (Å²) in [6.07, 6.45) is 2.79. The van der Waals surface area contributed by atoms with Crippen LogP contribution in [0.15, 0.2) is 54.6 Å². The Kier molecular flexibility index (Phi) is 8.33.